The molecule has 4 rings (SSSR count). The van der Waals surface area contributed by atoms with Gasteiger partial charge in [-0.2, -0.15) is 4.98 Å². The summed E-state index contributed by atoms with van der Waals surface area (Å²) in [7, 11) is 0. The van der Waals surface area contributed by atoms with E-state index >= 15 is 0 Å². The molecule has 0 atom stereocenters. The first-order valence-corrected chi connectivity index (χ1v) is 8.28. The molecule has 4 nitrogen and oxygen atoms in total. The summed E-state index contributed by atoms with van der Waals surface area (Å²) in [6.07, 6.45) is 1.86. The Kier molecular flexibility index (Phi) is 3.69. The third-order valence-electron chi connectivity index (χ3n) is 4.37. The van der Waals surface area contributed by atoms with Gasteiger partial charge in [0.1, 0.15) is 0 Å². The molecular formula is C19H17ClN4. The number of aliphatic imine (C=N–C) groups is 1. The summed E-state index contributed by atoms with van der Waals surface area (Å²) in [5.41, 5.74) is 7.39. The van der Waals surface area contributed by atoms with Crippen molar-refractivity contribution in [1.82, 2.24) is 14.5 Å². The molecule has 2 aromatic heterocycles. The highest BCUT2D eigenvalue weighted by Gasteiger charge is 2.18. The minimum absolute atomic E-state index is 0.459. The zero-order valence-electron chi connectivity index (χ0n) is 13.6. The van der Waals surface area contributed by atoms with Gasteiger partial charge < -0.3 is 4.57 Å². The zero-order chi connectivity index (χ0) is 16.7. The lowest BCUT2D eigenvalue weighted by Crippen LogP contribution is -2.01. The Labute approximate surface area is 145 Å². The molecule has 1 aliphatic heterocycles. The molecule has 0 amide bonds. The minimum Gasteiger partial charge on any atom is -0.309 e. The molecular weight excluding hydrogens is 320 g/mol. The Balaban J connectivity index is 1.83. The van der Waals surface area contributed by atoms with Gasteiger partial charge in [-0.05, 0) is 42.7 Å². The van der Waals surface area contributed by atoms with E-state index in [0.29, 0.717) is 17.5 Å². The fourth-order valence-electron chi connectivity index (χ4n) is 3.19. The number of imidazole rings is 1. The maximum absolute atomic E-state index is 6.36. The number of fused-ring (bicyclic) bond motifs is 1. The predicted octanol–water partition coefficient (Wildman–Crippen LogP) is 4.38. The van der Waals surface area contributed by atoms with E-state index in [1.807, 2.05) is 35.9 Å². The van der Waals surface area contributed by atoms with E-state index in [0.717, 1.165) is 23.3 Å². The van der Waals surface area contributed by atoms with Gasteiger partial charge >= 0.3 is 0 Å². The van der Waals surface area contributed by atoms with Crippen LogP contribution >= 0.6 is 11.6 Å². The molecule has 1 aliphatic rings. The van der Waals surface area contributed by atoms with Crippen molar-refractivity contribution in [2.24, 2.45) is 4.99 Å². The van der Waals surface area contributed by atoms with Crippen molar-refractivity contribution in [1.29, 1.82) is 0 Å². The molecule has 3 aromatic rings. The fourth-order valence-corrected chi connectivity index (χ4v) is 3.42. The van der Waals surface area contributed by atoms with Crippen LogP contribution in [0.15, 0.2) is 53.2 Å². The molecule has 0 saturated heterocycles. The number of aromatic nitrogens is 3. The van der Waals surface area contributed by atoms with Crippen LogP contribution in [0.4, 0.5) is 0 Å². The minimum atomic E-state index is 0.459. The highest BCUT2D eigenvalue weighted by molar-refractivity contribution is 6.29. The van der Waals surface area contributed by atoms with E-state index in [1.165, 1.54) is 16.7 Å². The Bertz CT molecular complexity index is 983. The summed E-state index contributed by atoms with van der Waals surface area (Å²) < 4.78 is 2.00. The van der Waals surface area contributed by atoms with E-state index in [2.05, 4.69) is 40.1 Å². The van der Waals surface area contributed by atoms with Crippen molar-refractivity contribution in [3.63, 3.8) is 0 Å². The Hall–Kier alpha value is -2.46. The van der Waals surface area contributed by atoms with Gasteiger partial charge in [-0.1, -0.05) is 30.3 Å². The number of pyridine rings is 1. The van der Waals surface area contributed by atoms with Crippen molar-refractivity contribution in [3.8, 4) is 0 Å². The average molecular weight is 337 g/mol. The lowest BCUT2D eigenvalue weighted by atomic mass is 10.0. The summed E-state index contributed by atoms with van der Waals surface area (Å²) >= 11 is 6.36. The number of hydrogen-bond donors (Lipinski definition) is 0. The van der Waals surface area contributed by atoms with Gasteiger partial charge in [-0.25, -0.2) is 4.98 Å². The van der Waals surface area contributed by atoms with E-state index in [9.17, 15) is 0 Å². The summed E-state index contributed by atoms with van der Waals surface area (Å²) in [4.78, 5) is 13.4. The van der Waals surface area contributed by atoms with Crippen LogP contribution in [0.25, 0.3) is 16.7 Å². The molecule has 120 valence electrons. The number of benzene rings is 1. The highest BCUT2D eigenvalue weighted by Crippen LogP contribution is 2.28. The number of rotatable bonds is 3. The van der Waals surface area contributed by atoms with Crippen molar-refractivity contribution >= 4 is 34.0 Å². The SMILES string of the molecule is CC1=NCC(C)=C1c1cnc2nc(Cl)n(Cc3ccccc3)c2c1. The number of allylic oxidation sites excluding steroid dienone is 1. The van der Waals surface area contributed by atoms with Gasteiger partial charge in [0.25, 0.3) is 0 Å². The van der Waals surface area contributed by atoms with Gasteiger partial charge in [0, 0.05) is 23.0 Å². The lowest BCUT2D eigenvalue weighted by molar-refractivity contribution is 0.825. The molecule has 0 aliphatic carbocycles. The molecule has 0 saturated carbocycles. The molecule has 0 fully saturated rings. The summed E-state index contributed by atoms with van der Waals surface area (Å²) in [6.45, 7) is 5.60. The lowest BCUT2D eigenvalue weighted by Gasteiger charge is -2.08. The number of halogens is 1. The molecule has 24 heavy (non-hydrogen) atoms. The normalized spacial score (nSPS) is 14.5. The molecule has 5 heteroatoms. The smallest absolute Gasteiger partial charge is 0.205 e. The monoisotopic (exact) mass is 336 g/mol. The molecule has 0 N–H and O–H groups in total. The van der Waals surface area contributed by atoms with Gasteiger partial charge in [0.15, 0.2) is 5.65 Å². The Morgan fingerprint density at radius 1 is 1.17 bits per heavy atom. The maximum atomic E-state index is 6.36. The first-order valence-electron chi connectivity index (χ1n) is 7.91. The van der Waals surface area contributed by atoms with Crippen molar-refractivity contribution < 1.29 is 0 Å². The maximum Gasteiger partial charge on any atom is 0.205 e. The third-order valence-corrected chi connectivity index (χ3v) is 4.66. The molecule has 0 radical (unpaired) electrons. The second-order valence-corrected chi connectivity index (χ2v) is 6.41. The Morgan fingerprint density at radius 3 is 2.67 bits per heavy atom. The predicted molar refractivity (Wildman–Crippen MR) is 98.7 cm³/mol. The average Bonchev–Trinajstić information content (AvgIpc) is 3.08. The van der Waals surface area contributed by atoms with Crippen LogP contribution in [0, 0.1) is 0 Å². The second kappa shape index (κ2) is 5.87. The van der Waals surface area contributed by atoms with Gasteiger partial charge in [0.2, 0.25) is 5.28 Å². The van der Waals surface area contributed by atoms with Gasteiger partial charge in [0.05, 0.1) is 18.6 Å². The first kappa shape index (κ1) is 15.1. The largest absolute Gasteiger partial charge is 0.309 e. The standard InChI is InChI=1S/C19H17ClN4/c1-12-9-21-13(2)17(12)15-8-16-18(22-10-15)23-19(20)24(16)11-14-6-4-3-5-7-14/h3-8,10H,9,11H2,1-2H3. The second-order valence-electron chi connectivity index (χ2n) is 6.08. The third kappa shape index (κ3) is 2.53. The summed E-state index contributed by atoms with van der Waals surface area (Å²) in [5.74, 6) is 0. The van der Waals surface area contributed by atoms with Crippen LogP contribution in [0.3, 0.4) is 0 Å². The van der Waals surface area contributed by atoms with Gasteiger partial charge in [-0.3, -0.25) is 4.99 Å². The molecule has 0 bridgehead atoms. The highest BCUT2D eigenvalue weighted by atomic mass is 35.5. The van der Waals surface area contributed by atoms with Crippen LogP contribution in [0.2, 0.25) is 5.28 Å². The Morgan fingerprint density at radius 2 is 1.96 bits per heavy atom. The van der Waals surface area contributed by atoms with Crippen LogP contribution in [0.1, 0.15) is 25.0 Å². The van der Waals surface area contributed by atoms with Crippen molar-refractivity contribution in [2.45, 2.75) is 20.4 Å². The van der Waals surface area contributed by atoms with Crippen LogP contribution < -0.4 is 0 Å². The molecule has 0 unspecified atom stereocenters. The van der Waals surface area contributed by atoms with E-state index in [4.69, 9.17) is 11.6 Å². The first-order chi connectivity index (χ1) is 11.6. The van der Waals surface area contributed by atoms with Crippen molar-refractivity contribution in [2.75, 3.05) is 6.54 Å². The molecule has 0 spiro atoms. The van der Waals surface area contributed by atoms with E-state index in [1.54, 1.807) is 0 Å². The van der Waals surface area contributed by atoms with Crippen LogP contribution in [0.5, 0.6) is 0 Å². The van der Waals surface area contributed by atoms with Gasteiger partial charge in [-0.15, -0.1) is 0 Å². The molecule has 1 aromatic carbocycles. The summed E-state index contributed by atoms with van der Waals surface area (Å²) in [5, 5.41) is 0.459. The zero-order valence-corrected chi connectivity index (χ0v) is 14.4. The van der Waals surface area contributed by atoms with E-state index in [-0.39, 0.29) is 0 Å². The quantitative estimate of drug-likeness (QED) is 0.712. The number of nitrogens with zero attached hydrogens (tertiary/aromatic N) is 4. The number of hydrogen-bond acceptors (Lipinski definition) is 3. The van der Waals surface area contributed by atoms with Crippen LogP contribution in [-0.2, 0) is 6.54 Å². The van der Waals surface area contributed by atoms with E-state index < -0.39 is 0 Å². The topological polar surface area (TPSA) is 43.1 Å². The van der Waals surface area contributed by atoms with Crippen LogP contribution in [-0.4, -0.2) is 26.8 Å². The van der Waals surface area contributed by atoms with Crippen molar-refractivity contribution in [3.05, 3.63) is 64.6 Å². The summed E-state index contributed by atoms with van der Waals surface area (Å²) in [6, 6.07) is 12.3. The molecule has 3 heterocycles. The fraction of sp³-hybridized carbons (Fsp3) is 0.211.